The van der Waals surface area contributed by atoms with Gasteiger partial charge in [0.05, 0.1) is 5.02 Å². The number of carbonyl (C=O) groups is 2. The Morgan fingerprint density at radius 2 is 1.92 bits per heavy atom. The maximum absolute atomic E-state index is 12.2. The predicted octanol–water partition coefficient (Wildman–Crippen LogP) is 4.50. The van der Waals surface area contributed by atoms with Crippen molar-refractivity contribution >= 4 is 39.6 Å². The molecule has 0 heterocycles. The van der Waals surface area contributed by atoms with E-state index < -0.39 is 18.1 Å². The van der Waals surface area contributed by atoms with Gasteiger partial charge in [-0.1, -0.05) is 48.0 Å². The molecule has 0 fully saturated rings. The minimum atomic E-state index is -1.18. The van der Waals surface area contributed by atoms with Crippen molar-refractivity contribution in [2.24, 2.45) is 0 Å². The molecule has 0 spiro atoms. The van der Waals surface area contributed by atoms with Gasteiger partial charge in [0.15, 0.2) is 6.04 Å². The molecule has 0 saturated heterocycles. The van der Waals surface area contributed by atoms with Crippen LogP contribution in [0.15, 0.2) is 53.0 Å². The number of benzene rings is 2. The van der Waals surface area contributed by atoms with Gasteiger partial charge in [0.2, 0.25) is 0 Å². The molecule has 1 N–H and O–H groups in total. The van der Waals surface area contributed by atoms with Crippen LogP contribution in [-0.2, 0) is 16.1 Å². The molecule has 2 aromatic carbocycles. The van der Waals surface area contributed by atoms with Crippen molar-refractivity contribution in [3.05, 3.63) is 69.2 Å². The molecule has 0 radical (unpaired) electrons. The van der Waals surface area contributed by atoms with Crippen LogP contribution in [0.4, 0.5) is 4.79 Å². The Morgan fingerprint density at radius 1 is 1.25 bits per heavy atom. The average molecular weight is 413 g/mol. The number of carboxylic acid groups (broad SMARTS) is 1. The first-order valence-electron chi connectivity index (χ1n) is 7.01. The van der Waals surface area contributed by atoms with Gasteiger partial charge in [0, 0.05) is 11.5 Å². The number of aliphatic carboxylic acids is 1. The second-order valence-corrected chi connectivity index (χ2v) is 6.33. The summed E-state index contributed by atoms with van der Waals surface area (Å²) in [6.07, 6.45) is -0.725. The average Bonchev–Trinajstić information content (AvgIpc) is 2.56. The zero-order valence-corrected chi connectivity index (χ0v) is 15.1. The summed E-state index contributed by atoms with van der Waals surface area (Å²) in [5, 5.41) is 9.95. The van der Waals surface area contributed by atoms with E-state index in [1.54, 1.807) is 18.2 Å². The molecule has 1 unspecified atom stereocenters. The number of ether oxygens (including phenoxy) is 1. The number of rotatable bonds is 5. The maximum Gasteiger partial charge on any atom is 0.410 e. The summed E-state index contributed by atoms with van der Waals surface area (Å²) in [6, 6.07) is 12.7. The highest BCUT2D eigenvalue weighted by atomic mass is 79.9. The second-order valence-electron chi connectivity index (χ2n) is 5.07. The molecule has 5 nitrogen and oxygen atoms in total. The van der Waals surface area contributed by atoms with Crippen LogP contribution in [0.5, 0.6) is 0 Å². The topological polar surface area (TPSA) is 66.8 Å². The van der Waals surface area contributed by atoms with Gasteiger partial charge < -0.3 is 9.84 Å². The fraction of sp³-hybridized carbons (Fsp3) is 0.176. The quantitative estimate of drug-likeness (QED) is 0.785. The third-order valence-electron chi connectivity index (χ3n) is 3.37. The van der Waals surface area contributed by atoms with Crippen molar-refractivity contribution in [1.29, 1.82) is 0 Å². The maximum atomic E-state index is 12.2. The van der Waals surface area contributed by atoms with Crippen LogP contribution in [0.2, 0.25) is 5.02 Å². The van der Waals surface area contributed by atoms with E-state index in [0.29, 0.717) is 15.1 Å². The fourth-order valence-corrected chi connectivity index (χ4v) is 2.65. The molecule has 0 saturated carbocycles. The predicted molar refractivity (Wildman–Crippen MR) is 93.9 cm³/mol. The monoisotopic (exact) mass is 411 g/mol. The highest BCUT2D eigenvalue weighted by Crippen LogP contribution is 2.28. The Morgan fingerprint density at radius 3 is 2.50 bits per heavy atom. The molecule has 0 aromatic heterocycles. The first-order valence-corrected chi connectivity index (χ1v) is 8.18. The molecule has 126 valence electrons. The van der Waals surface area contributed by atoms with E-state index in [4.69, 9.17) is 16.3 Å². The number of hydrogen-bond acceptors (Lipinski definition) is 3. The van der Waals surface area contributed by atoms with Crippen LogP contribution in [0.1, 0.15) is 17.2 Å². The molecule has 24 heavy (non-hydrogen) atoms. The molecule has 0 aliphatic heterocycles. The van der Waals surface area contributed by atoms with Crippen LogP contribution in [0.3, 0.4) is 0 Å². The number of hydrogen-bond donors (Lipinski definition) is 1. The second kappa shape index (κ2) is 8.17. The lowest BCUT2D eigenvalue weighted by Crippen LogP contribution is -2.36. The number of amides is 1. The summed E-state index contributed by atoms with van der Waals surface area (Å²) in [4.78, 5) is 24.9. The molecule has 2 aromatic rings. The van der Waals surface area contributed by atoms with Crippen LogP contribution in [-0.4, -0.2) is 29.1 Å². The first kappa shape index (κ1) is 18.3. The van der Waals surface area contributed by atoms with E-state index in [-0.39, 0.29) is 6.61 Å². The number of halogens is 2. The molecular formula is C17H15BrClNO4. The van der Waals surface area contributed by atoms with E-state index in [0.717, 1.165) is 10.5 Å². The van der Waals surface area contributed by atoms with Crippen molar-refractivity contribution in [2.45, 2.75) is 12.6 Å². The van der Waals surface area contributed by atoms with E-state index in [2.05, 4.69) is 15.9 Å². The summed E-state index contributed by atoms with van der Waals surface area (Å²) in [7, 11) is 1.38. The van der Waals surface area contributed by atoms with Gasteiger partial charge >= 0.3 is 12.1 Å². The third-order valence-corrected chi connectivity index (χ3v) is 4.59. The van der Waals surface area contributed by atoms with Crippen molar-refractivity contribution in [3.63, 3.8) is 0 Å². The van der Waals surface area contributed by atoms with Gasteiger partial charge in [-0.05, 0) is 39.2 Å². The van der Waals surface area contributed by atoms with E-state index in [9.17, 15) is 14.7 Å². The summed E-state index contributed by atoms with van der Waals surface area (Å²) in [6.45, 7) is 0.0701. The van der Waals surface area contributed by atoms with Crippen LogP contribution >= 0.6 is 27.5 Å². The van der Waals surface area contributed by atoms with Crippen LogP contribution in [0, 0.1) is 0 Å². The van der Waals surface area contributed by atoms with E-state index in [1.165, 1.54) is 7.05 Å². The molecule has 0 aliphatic rings. The number of carboxylic acids is 1. The lowest BCUT2D eigenvalue weighted by Gasteiger charge is -2.24. The summed E-state index contributed by atoms with van der Waals surface area (Å²) in [5.41, 5.74) is 1.23. The van der Waals surface area contributed by atoms with Crippen molar-refractivity contribution in [3.8, 4) is 0 Å². The lowest BCUT2D eigenvalue weighted by atomic mass is 10.1. The lowest BCUT2D eigenvalue weighted by molar-refractivity contribution is -0.142. The fourth-order valence-electron chi connectivity index (χ4n) is 2.14. The Labute approximate surface area is 152 Å². The Bertz CT molecular complexity index is 739. The Balaban J connectivity index is 2.13. The van der Waals surface area contributed by atoms with Gasteiger partial charge in [0.1, 0.15) is 6.61 Å². The smallest absolute Gasteiger partial charge is 0.410 e. The highest BCUT2D eigenvalue weighted by Gasteiger charge is 2.29. The van der Waals surface area contributed by atoms with Crippen LogP contribution in [0.25, 0.3) is 0 Å². The van der Waals surface area contributed by atoms with Crippen molar-refractivity contribution < 1.29 is 19.4 Å². The Hall–Kier alpha value is -2.05. The first-order chi connectivity index (χ1) is 11.4. The van der Waals surface area contributed by atoms with Gasteiger partial charge in [-0.2, -0.15) is 0 Å². The summed E-state index contributed by atoms with van der Waals surface area (Å²) in [5.74, 6) is -1.16. The standard InChI is InChI=1S/C17H15BrClNO4/c1-20(17(23)24-10-11-5-3-2-4-6-11)15(16(21)22)12-7-8-14(19)13(18)9-12/h2-9,15H,10H2,1H3,(H,21,22). The minimum absolute atomic E-state index is 0.0701. The normalized spacial score (nSPS) is 11.6. The van der Waals surface area contributed by atoms with Gasteiger partial charge in [-0.25, -0.2) is 9.59 Å². The number of carbonyl (C=O) groups excluding carboxylic acids is 1. The SMILES string of the molecule is CN(C(=O)OCc1ccccc1)C(C(=O)O)c1ccc(Cl)c(Br)c1. The highest BCUT2D eigenvalue weighted by molar-refractivity contribution is 9.10. The largest absolute Gasteiger partial charge is 0.479 e. The Kier molecular flexibility index (Phi) is 6.23. The van der Waals surface area contributed by atoms with E-state index >= 15 is 0 Å². The van der Waals surface area contributed by atoms with E-state index in [1.807, 2.05) is 30.3 Å². The molecule has 2 rings (SSSR count). The summed E-state index contributed by atoms with van der Waals surface area (Å²) >= 11 is 9.18. The van der Waals surface area contributed by atoms with Gasteiger partial charge in [-0.15, -0.1) is 0 Å². The molecule has 0 aliphatic carbocycles. The number of likely N-dealkylation sites (N-methyl/N-ethyl adjacent to an activating group) is 1. The van der Waals surface area contributed by atoms with Gasteiger partial charge in [-0.3, -0.25) is 4.90 Å². The zero-order chi connectivity index (χ0) is 17.7. The van der Waals surface area contributed by atoms with Gasteiger partial charge in [0.25, 0.3) is 0 Å². The molecule has 1 atom stereocenters. The molecule has 7 heteroatoms. The molecule has 0 bridgehead atoms. The third kappa shape index (κ3) is 4.49. The van der Waals surface area contributed by atoms with Crippen molar-refractivity contribution in [1.82, 2.24) is 4.90 Å². The minimum Gasteiger partial charge on any atom is -0.479 e. The summed E-state index contributed by atoms with van der Waals surface area (Å²) < 4.78 is 5.74. The number of nitrogens with zero attached hydrogens (tertiary/aromatic N) is 1. The molecular weight excluding hydrogens is 398 g/mol. The zero-order valence-electron chi connectivity index (χ0n) is 12.8. The molecule has 1 amide bonds. The van der Waals surface area contributed by atoms with Crippen LogP contribution < -0.4 is 0 Å². The van der Waals surface area contributed by atoms with Crippen molar-refractivity contribution in [2.75, 3.05) is 7.05 Å².